The standard InChI is InChI=1S/C18H23BrN2O2S.C5H11Br/c1-17(2,3)23-16(22)20-15-21-18(4)12(10-24-15)7-5-11-6-8-13(19)9-14(11)18;1-2-3-4-5-6/h6,8-9,12H,5,7,10H2,1-4H3,(H,20,21,22);2-5H2,1H3/t12-,18+;/m1./s1. The van der Waals surface area contributed by atoms with Crippen molar-refractivity contribution in [2.75, 3.05) is 11.1 Å². The minimum absolute atomic E-state index is 0.299. The van der Waals surface area contributed by atoms with Crippen molar-refractivity contribution in [3.8, 4) is 0 Å². The second-order valence-electron chi connectivity index (χ2n) is 8.94. The third-order valence-corrected chi connectivity index (χ3v) is 7.36. The smallest absolute Gasteiger partial charge is 0.413 e. The molecule has 3 rings (SSSR count). The highest BCUT2D eigenvalue weighted by molar-refractivity contribution is 9.10. The molecule has 168 valence electrons. The molecule has 4 nitrogen and oxygen atoms in total. The van der Waals surface area contributed by atoms with Crippen LogP contribution in [0.2, 0.25) is 0 Å². The van der Waals surface area contributed by atoms with Crippen molar-refractivity contribution in [1.82, 2.24) is 5.32 Å². The summed E-state index contributed by atoms with van der Waals surface area (Å²) in [5.74, 6) is 1.44. The van der Waals surface area contributed by atoms with Crippen LogP contribution < -0.4 is 5.32 Å². The summed E-state index contributed by atoms with van der Waals surface area (Å²) in [5, 5.41) is 4.64. The summed E-state index contributed by atoms with van der Waals surface area (Å²) in [6, 6.07) is 6.44. The van der Waals surface area contributed by atoms with E-state index in [4.69, 9.17) is 9.73 Å². The number of nitrogens with one attached hydrogen (secondary N) is 1. The third-order valence-electron chi connectivity index (χ3n) is 5.27. The fraction of sp³-hybridized carbons (Fsp3) is 0.652. The molecule has 1 aromatic carbocycles. The molecular formula is C23H34Br2N2O2S. The highest BCUT2D eigenvalue weighted by atomic mass is 79.9. The lowest BCUT2D eigenvalue weighted by atomic mass is 9.71. The van der Waals surface area contributed by atoms with E-state index in [0.717, 1.165) is 23.1 Å². The van der Waals surface area contributed by atoms with Crippen molar-refractivity contribution in [2.24, 2.45) is 10.9 Å². The van der Waals surface area contributed by atoms with E-state index in [9.17, 15) is 4.79 Å². The van der Waals surface area contributed by atoms with Gasteiger partial charge in [0, 0.05) is 15.6 Å². The summed E-state index contributed by atoms with van der Waals surface area (Å²) >= 11 is 8.53. The van der Waals surface area contributed by atoms with Crippen LogP contribution in [0.1, 0.15) is 71.4 Å². The molecule has 0 saturated heterocycles. The van der Waals surface area contributed by atoms with Gasteiger partial charge in [0.05, 0.1) is 5.54 Å². The second kappa shape index (κ2) is 11.4. The van der Waals surface area contributed by atoms with Crippen LogP contribution in [0.4, 0.5) is 4.79 Å². The van der Waals surface area contributed by atoms with Crippen LogP contribution >= 0.6 is 43.6 Å². The summed E-state index contributed by atoms with van der Waals surface area (Å²) < 4.78 is 6.41. The summed E-state index contributed by atoms with van der Waals surface area (Å²) in [6.45, 7) is 9.96. The number of halogens is 2. The zero-order chi connectivity index (χ0) is 22.4. The average Bonchev–Trinajstić information content (AvgIpc) is 2.65. The Morgan fingerprint density at radius 1 is 1.37 bits per heavy atom. The summed E-state index contributed by atoms with van der Waals surface area (Å²) in [7, 11) is 0. The number of benzene rings is 1. The molecule has 0 radical (unpaired) electrons. The van der Waals surface area contributed by atoms with E-state index in [2.05, 4.69) is 69.2 Å². The zero-order valence-corrected chi connectivity index (χ0v) is 22.7. The Morgan fingerprint density at radius 2 is 2.10 bits per heavy atom. The van der Waals surface area contributed by atoms with Gasteiger partial charge in [0.2, 0.25) is 0 Å². The quantitative estimate of drug-likeness (QED) is 0.308. The number of unbranched alkanes of at least 4 members (excludes halogenated alkanes) is 2. The van der Waals surface area contributed by atoms with Gasteiger partial charge in [-0.3, -0.25) is 10.3 Å². The molecule has 1 aliphatic carbocycles. The summed E-state index contributed by atoms with van der Waals surface area (Å²) in [6.07, 6.45) is 5.80. The fourth-order valence-electron chi connectivity index (χ4n) is 3.69. The van der Waals surface area contributed by atoms with E-state index < -0.39 is 11.7 Å². The average molecular weight is 562 g/mol. The molecule has 1 aliphatic heterocycles. The first-order valence-electron chi connectivity index (χ1n) is 10.7. The maximum Gasteiger partial charge on any atom is 0.413 e. The van der Waals surface area contributed by atoms with Crippen molar-refractivity contribution < 1.29 is 9.53 Å². The molecule has 0 fully saturated rings. The highest BCUT2D eigenvalue weighted by Crippen LogP contribution is 2.47. The molecule has 7 heteroatoms. The number of alkyl carbamates (subject to hydrolysis) is 1. The topological polar surface area (TPSA) is 50.7 Å². The number of alkyl halides is 1. The first-order chi connectivity index (χ1) is 14.1. The zero-order valence-electron chi connectivity index (χ0n) is 18.7. The molecule has 1 N–H and O–H groups in total. The van der Waals surface area contributed by atoms with E-state index in [1.54, 1.807) is 11.8 Å². The lowest BCUT2D eigenvalue weighted by Gasteiger charge is -2.43. The van der Waals surface area contributed by atoms with E-state index in [1.165, 1.54) is 35.7 Å². The molecule has 1 aromatic rings. The summed E-state index contributed by atoms with van der Waals surface area (Å²) in [5.41, 5.74) is 1.80. The number of carbonyl (C=O) groups excluding carboxylic acids is 1. The monoisotopic (exact) mass is 560 g/mol. The number of thioether (sulfide) groups is 1. The molecule has 2 aliphatic rings. The van der Waals surface area contributed by atoms with E-state index in [0.29, 0.717) is 11.1 Å². The first-order valence-corrected chi connectivity index (χ1v) is 13.6. The Hall–Kier alpha value is -0.530. The van der Waals surface area contributed by atoms with Gasteiger partial charge in [0.25, 0.3) is 0 Å². The number of fused-ring (bicyclic) bond motifs is 3. The lowest BCUT2D eigenvalue weighted by Crippen LogP contribution is -2.44. The van der Waals surface area contributed by atoms with Gasteiger partial charge in [-0.25, -0.2) is 4.79 Å². The number of carbonyl (C=O) groups is 1. The van der Waals surface area contributed by atoms with Crippen molar-refractivity contribution in [1.29, 1.82) is 0 Å². The van der Waals surface area contributed by atoms with Gasteiger partial charge < -0.3 is 4.74 Å². The number of aryl methyl sites for hydroxylation is 1. The van der Waals surface area contributed by atoms with Gasteiger partial charge in [-0.15, -0.1) is 0 Å². The number of aliphatic imine (C=N–C) groups is 1. The van der Waals surface area contributed by atoms with E-state index in [1.807, 2.05) is 20.8 Å². The molecule has 1 amide bonds. The van der Waals surface area contributed by atoms with Crippen LogP contribution in [0.15, 0.2) is 27.7 Å². The SMILES string of the molecule is CC(C)(C)OC(=O)NC1=N[C@]2(C)c3cc(Br)ccc3CC[C@@H]2CS1.CCCCCBr. The van der Waals surface area contributed by atoms with Crippen LogP contribution in [0.3, 0.4) is 0 Å². The lowest BCUT2D eigenvalue weighted by molar-refractivity contribution is 0.0564. The van der Waals surface area contributed by atoms with Gasteiger partial charge in [0.15, 0.2) is 5.17 Å². The highest BCUT2D eigenvalue weighted by Gasteiger charge is 2.43. The predicted molar refractivity (Wildman–Crippen MR) is 136 cm³/mol. The number of amides is 1. The molecule has 0 aromatic heterocycles. The van der Waals surface area contributed by atoms with Crippen LogP contribution in [0, 0.1) is 5.92 Å². The summed E-state index contributed by atoms with van der Waals surface area (Å²) in [4.78, 5) is 17.0. The number of rotatable bonds is 3. The predicted octanol–water partition coefficient (Wildman–Crippen LogP) is 7.43. The van der Waals surface area contributed by atoms with E-state index >= 15 is 0 Å². The molecular weight excluding hydrogens is 528 g/mol. The van der Waals surface area contributed by atoms with Crippen LogP contribution in [-0.4, -0.2) is 27.9 Å². The molecule has 0 saturated carbocycles. The Kier molecular flexibility index (Phi) is 9.75. The maximum atomic E-state index is 12.1. The third kappa shape index (κ3) is 7.27. The molecule has 1 heterocycles. The van der Waals surface area contributed by atoms with Crippen molar-refractivity contribution in [3.05, 3.63) is 33.8 Å². The molecule has 0 bridgehead atoms. The number of nitrogens with zero attached hydrogens (tertiary/aromatic N) is 1. The van der Waals surface area contributed by atoms with Crippen LogP contribution in [0.25, 0.3) is 0 Å². The Balaban J connectivity index is 0.000000469. The fourth-order valence-corrected chi connectivity index (χ4v) is 5.71. The normalized spacial score (nSPS) is 22.6. The van der Waals surface area contributed by atoms with Crippen molar-refractivity contribution in [2.45, 2.75) is 77.9 Å². The minimum Gasteiger partial charge on any atom is -0.444 e. The van der Waals surface area contributed by atoms with Crippen molar-refractivity contribution >= 4 is 54.9 Å². The number of ether oxygens (including phenoxy) is 1. The number of hydrogen-bond donors (Lipinski definition) is 1. The van der Waals surface area contributed by atoms with E-state index in [-0.39, 0.29) is 5.54 Å². The minimum atomic E-state index is -0.515. The Bertz CT molecular complexity index is 760. The van der Waals surface area contributed by atoms with Gasteiger partial charge >= 0.3 is 6.09 Å². The van der Waals surface area contributed by atoms with Gasteiger partial charge in [-0.05, 0) is 76.1 Å². The van der Waals surface area contributed by atoms with Gasteiger partial charge in [-0.2, -0.15) is 0 Å². The molecule has 2 atom stereocenters. The van der Waals surface area contributed by atoms with Gasteiger partial charge in [-0.1, -0.05) is 69.5 Å². The molecule has 30 heavy (non-hydrogen) atoms. The van der Waals surface area contributed by atoms with Crippen LogP contribution in [-0.2, 0) is 16.7 Å². The first kappa shape index (κ1) is 25.7. The number of amidine groups is 1. The maximum absolute atomic E-state index is 12.1. The Morgan fingerprint density at radius 3 is 2.70 bits per heavy atom. The van der Waals surface area contributed by atoms with Crippen molar-refractivity contribution in [3.63, 3.8) is 0 Å². The Labute approximate surface area is 202 Å². The second-order valence-corrected chi connectivity index (χ2v) is 11.7. The largest absolute Gasteiger partial charge is 0.444 e. The number of hydrogen-bond acceptors (Lipinski definition) is 4. The molecule has 0 unspecified atom stereocenters. The molecule has 0 spiro atoms. The van der Waals surface area contributed by atoms with Gasteiger partial charge in [0.1, 0.15) is 5.60 Å². The van der Waals surface area contributed by atoms with Crippen LogP contribution in [0.5, 0.6) is 0 Å².